The Kier molecular flexibility index (Phi) is 4.19. The van der Waals surface area contributed by atoms with Crippen LogP contribution in [0.25, 0.3) is 0 Å². The highest BCUT2D eigenvalue weighted by molar-refractivity contribution is 5.26. The molecule has 2 atom stereocenters. The summed E-state index contributed by atoms with van der Waals surface area (Å²) in [5.41, 5.74) is 8.48. The minimum Gasteiger partial charge on any atom is -0.326 e. The summed E-state index contributed by atoms with van der Waals surface area (Å²) in [7, 11) is 0. The Morgan fingerprint density at radius 3 is 2.29 bits per heavy atom. The summed E-state index contributed by atoms with van der Waals surface area (Å²) in [6, 6.07) is 8.55. The van der Waals surface area contributed by atoms with Crippen LogP contribution >= 0.6 is 0 Å². The zero-order valence-corrected chi connectivity index (χ0v) is 11.0. The van der Waals surface area contributed by atoms with Crippen molar-refractivity contribution in [3.05, 3.63) is 35.4 Å². The molecule has 1 heterocycles. The molecule has 1 aromatic carbocycles. The van der Waals surface area contributed by atoms with Gasteiger partial charge < -0.3 is 5.73 Å². The number of benzene rings is 1. The van der Waals surface area contributed by atoms with E-state index in [-0.39, 0.29) is 0 Å². The summed E-state index contributed by atoms with van der Waals surface area (Å²) in [5, 5.41) is 0. The molecule has 1 aliphatic rings. The molecule has 2 nitrogen and oxygen atoms in total. The normalized spacial score (nSPS) is 26.1. The second-order valence-electron chi connectivity index (χ2n) is 5.61. The first-order valence-electron chi connectivity index (χ1n) is 6.68. The average Bonchev–Trinajstić information content (AvgIpc) is 2.28. The quantitative estimate of drug-likeness (QED) is 0.868. The van der Waals surface area contributed by atoms with Crippen LogP contribution in [-0.4, -0.2) is 18.0 Å². The fourth-order valence-corrected chi connectivity index (χ4v) is 3.07. The fraction of sp³-hybridized carbons (Fsp3) is 0.600. The van der Waals surface area contributed by atoms with Crippen molar-refractivity contribution in [2.45, 2.75) is 33.4 Å². The highest BCUT2D eigenvalue weighted by atomic mass is 15.1. The zero-order chi connectivity index (χ0) is 12.3. The lowest BCUT2D eigenvalue weighted by Gasteiger charge is -2.35. The van der Waals surface area contributed by atoms with E-state index >= 15 is 0 Å². The van der Waals surface area contributed by atoms with E-state index in [0.29, 0.717) is 6.54 Å². The van der Waals surface area contributed by atoms with Gasteiger partial charge in [0.1, 0.15) is 0 Å². The molecule has 17 heavy (non-hydrogen) atoms. The number of piperidine rings is 1. The lowest BCUT2D eigenvalue weighted by molar-refractivity contribution is 0.134. The van der Waals surface area contributed by atoms with Gasteiger partial charge in [0.15, 0.2) is 0 Å². The lowest BCUT2D eigenvalue weighted by atomic mass is 9.91. The monoisotopic (exact) mass is 232 g/mol. The molecular weight excluding hydrogens is 208 g/mol. The van der Waals surface area contributed by atoms with Gasteiger partial charge in [-0.1, -0.05) is 38.1 Å². The van der Waals surface area contributed by atoms with E-state index in [2.05, 4.69) is 43.0 Å². The molecule has 0 radical (unpaired) electrons. The summed E-state index contributed by atoms with van der Waals surface area (Å²) in [5.74, 6) is 1.65. The first-order valence-corrected chi connectivity index (χ1v) is 6.68. The first kappa shape index (κ1) is 12.6. The molecule has 0 spiro atoms. The molecule has 94 valence electrons. The maximum Gasteiger partial charge on any atom is 0.0237 e. The van der Waals surface area contributed by atoms with Crippen LogP contribution in [-0.2, 0) is 13.1 Å². The van der Waals surface area contributed by atoms with Crippen molar-refractivity contribution in [3.63, 3.8) is 0 Å². The number of nitrogens with zero attached hydrogens (tertiary/aromatic N) is 1. The molecule has 0 unspecified atom stereocenters. The maximum absolute atomic E-state index is 5.79. The van der Waals surface area contributed by atoms with E-state index < -0.39 is 0 Å². The van der Waals surface area contributed by atoms with Crippen molar-refractivity contribution >= 4 is 0 Å². The van der Waals surface area contributed by atoms with Crippen molar-refractivity contribution < 1.29 is 0 Å². The third-order valence-corrected chi connectivity index (χ3v) is 3.68. The molecule has 2 N–H and O–H groups in total. The second-order valence-corrected chi connectivity index (χ2v) is 5.61. The Balaban J connectivity index is 2.04. The SMILES string of the molecule is C[C@@H]1C[C@H](C)CN(Cc2ccccc2CN)C1. The van der Waals surface area contributed by atoms with E-state index in [1.54, 1.807) is 0 Å². The topological polar surface area (TPSA) is 29.3 Å². The van der Waals surface area contributed by atoms with Crippen LogP contribution in [0.3, 0.4) is 0 Å². The van der Waals surface area contributed by atoms with Crippen molar-refractivity contribution in [3.8, 4) is 0 Å². The molecule has 0 saturated carbocycles. The number of likely N-dealkylation sites (tertiary alicyclic amines) is 1. The predicted molar refractivity (Wildman–Crippen MR) is 72.6 cm³/mol. The molecule has 2 heteroatoms. The molecule has 1 aromatic rings. The van der Waals surface area contributed by atoms with Gasteiger partial charge in [0.05, 0.1) is 0 Å². The van der Waals surface area contributed by atoms with E-state index in [1.807, 2.05) is 0 Å². The predicted octanol–water partition coefficient (Wildman–Crippen LogP) is 2.62. The van der Waals surface area contributed by atoms with Crippen LogP contribution in [0.4, 0.5) is 0 Å². The van der Waals surface area contributed by atoms with Gasteiger partial charge in [-0.3, -0.25) is 4.90 Å². The molecule has 1 fully saturated rings. The van der Waals surface area contributed by atoms with Gasteiger partial charge in [-0.05, 0) is 29.4 Å². The van der Waals surface area contributed by atoms with Gasteiger partial charge in [-0.2, -0.15) is 0 Å². The largest absolute Gasteiger partial charge is 0.326 e. The van der Waals surface area contributed by atoms with Crippen LogP contribution in [0.1, 0.15) is 31.4 Å². The molecule has 1 saturated heterocycles. The van der Waals surface area contributed by atoms with Gasteiger partial charge in [-0.25, -0.2) is 0 Å². The smallest absolute Gasteiger partial charge is 0.0237 e. The Labute approximate surface area is 105 Å². The summed E-state index contributed by atoms with van der Waals surface area (Å²) < 4.78 is 0. The number of nitrogens with two attached hydrogens (primary N) is 1. The summed E-state index contributed by atoms with van der Waals surface area (Å²) in [6.45, 7) is 8.87. The summed E-state index contributed by atoms with van der Waals surface area (Å²) in [6.07, 6.45) is 1.37. The number of rotatable bonds is 3. The maximum atomic E-state index is 5.79. The Morgan fingerprint density at radius 1 is 1.12 bits per heavy atom. The van der Waals surface area contributed by atoms with Crippen molar-refractivity contribution in [1.82, 2.24) is 4.90 Å². The Morgan fingerprint density at radius 2 is 1.71 bits per heavy atom. The molecular formula is C15H24N2. The van der Waals surface area contributed by atoms with Gasteiger partial charge in [-0.15, -0.1) is 0 Å². The van der Waals surface area contributed by atoms with Crippen molar-refractivity contribution in [2.24, 2.45) is 17.6 Å². The molecule has 0 bridgehead atoms. The van der Waals surface area contributed by atoms with Crippen LogP contribution in [0.2, 0.25) is 0 Å². The average molecular weight is 232 g/mol. The summed E-state index contributed by atoms with van der Waals surface area (Å²) in [4.78, 5) is 2.58. The van der Waals surface area contributed by atoms with Crippen molar-refractivity contribution in [1.29, 1.82) is 0 Å². The lowest BCUT2D eigenvalue weighted by Crippen LogP contribution is -2.38. The standard InChI is InChI=1S/C15H24N2/c1-12-7-13(2)10-17(9-12)11-15-6-4-3-5-14(15)8-16/h3-6,12-13H,7-11,16H2,1-2H3/t12-,13+. The van der Waals surface area contributed by atoms with Crippen LogP contribution in [0.5, 0.6) is 0 Å². The highest BCUT2D eigenvalue weighted by Crippen LogP contribution is 2.23. The molecule has 1 aliphatic heterocycles. The third-order valence-electron chi connectivity index (χ3n) is 3.68. The minimum atomic E-state index is 0.648. The van der Waals surface area contributed by atoms with Gasteiger partial charge in [0, 0.05) is 26.2 Å². The van der Waals surface area contributed by atoms with Gasteiger partial charge in [0.2, 0.25) is 0 Å². The van der Waals surface area contributed by atoms with Gasteiger partial charge in [0.25, 0.3) is 0 Å². The Hall–Kier alpha value is -0.860. The number of hydrogen-bond donors (Lipinski definition) is 1. The third kappa shape index (κ3) is 3.30. The highest BCUT2D eigenvalue weighted by Gasteiger charge is 2.21. The van der Waals surface area contributed by atoms with E-state index in [4.69, 9.17) is 5.73 Å². The van der Waals surface area contributed by atoms with Crippen LogP contribution < -0.4 is 5.73 Å². The second kappa shape index (κ2) is 5.65. The van der Waals surface area contributed by atoms with Crippen LogP contribution in [0.15, 0.2) is 24.3 Å². The summed E-state index contributed by atoms with van der Waals surface area (Å²) >= 11 is 0. The van der Waals surface area contributed by atoms with E-state index in [0.717, 1.165) is 18.4 Å². The van der Waals surface area contributed by atoms with Crippen molar-refractivity contribution in [2.75, 3.05) is 13.1 Å². The molecule has 2 rings (SSSR count). The molecule has 0 amide bonds. The van der Waals surface area contributed by atoms with Crippen LogP contribution in [0, 0.1) is 11.8 Å². The van der Waals surface area contributed by atoms with E-state index in [1.165, 1.54) is 30.6 Å². The minimum absolute atomic E-state index is 0.648. The van der Waals surface area contributed by atoms with Gasteiger partial charge >= 0.3 is 0 Å². The zero-order valence-electron chi connectivity index (χ0n) is 11.0. The molecule has 0 aliphatic carbocycles. The molecule has 0 aromatic heterocycles. The number of hydrogen-bond acceptors (Lipinski definition) is 2. The first-order chi connectivity index (χ1) is 8.19. The fourth-order valence-electron chi connectivity index (χ4n) is 3.07. The Bertz CT molecular complexity index is 352. The van der Waals surface area contributed by atoms with E-state index in [9.17, 15) is 0 Å².